The number of hydrogen-bond donors (Lipinski definition) is 1. The smallest absolute Gasteiger partial charge is 0.313 e. The van der Waals surface area contributed by atoms with Gasteiger partial charge >= 0.3 is 5.97 Å². The van der Waals surface area contributed by atoms with Gasteiger partial charge in [0.15, 0.2) is 5.16 Å². The van der Waals surface area contributed by atoms with Crippen molar-refractivity contribution in [3.8, 4) is 0 Å². The quantitative estimate of drug-likeness (QED) is 0.747. The van der Waals surface area contributed by atoms with E-state index in [1.165, 1.54) is 50.3 Å². The van der Waals surface area contributed by atoms with Crippen molar-refractivity contribution in [3.63, 3.8) is 0 Å². The van der Waals surface area contributed by atoms with E-state index in [1.54, 1.807) is 0 Å². The zero-order valence-corrected chi connectivity index (χ0v) is 12.7. The van der Waals surface area contributed by atoms with Gasteiger partial charge in [-0.2, -0.15) is 0 Å². The highest BCUT2D eigenvalue weighted by atomic mass is 32.2. The number of aliphatic carboxylic acids is 1. The normalized spacial score (nSPS) is 20.1. The molecule has 2 aliphatic rings. The molecule has 1 N–H and O–H groups in total. The Balaban J connectivity index is 1.78. The molecule has 6 heteroatoms. The molecule has 0 atom stereocenters. The Morgan fingerprint density at radius 2 is 2.20 bits per heavy atom. The highest BCUT2D eigenvalue weighted by Crippen LogP contribution is 2.52. The number of carboxylic acids is 1. The summed E-state index contributed by atoms with van der Waals surface area (Å²) in [4.78, 5) is 10.8. The average molecular weight is 295 g/mol. The molecule has 1 aromatic rings. The van der Waals surface area contributed by atoms with Crippen molar-refractivity contribution in [3.05, 3.63) is 5.82 Å². The van der Waals surface area contributed by atoms with E-state index in [4.69, 9.17) is 5.11 Å². The summed E-state index contributed by atoms with van der Waals surface area (Å²) in [5.74, 6) is 0.899. The molecule has 0 aliphatic heterocycles. The third kappa shape index (κ3) is 3.00. The second-order valence-electron chi connectivity index (χ2n) is 6.13. The van der Waals surface area contributed by atoms with Gasteiger partial charge in [-0.15, -0.1) is 10.2 Å². The number of aromatic nitrogens is 3. The molecular formula is C14H21N3O2S. The molecule has 3 rings (SSSR count). The van der Waals surface area contributed by atoms with Gasteiger partial charge in [-0.1, -0.05) is 25.1 Å². The largest absolute Gasteiger partial charge is 0.481 e. The van der Waals surface area contributed by atoms with Gasteiger partial charge in [0.05, 0.1) is 5.75 Å². The van der Waals surface area contributed by atoms with Gasteiger partial charge in [-0.3, -0.25) is 4.79 Å². The molecular weight excluding hydrogens is 274 g/mol. The van der Waals surface area contributed by atoms with E-state index in [0.29, 0.717) is 11.3 Å². The zero-order valence-electron chi connectivity index (χ0n) is 11.8. The Hall–Kier alpha value is -1.04. The summed E-state index contributed by atoms with van der Waals surface area (Å²) in [6.07, 6.45) is 7.42. The van der Waals surface area contributed by atoms with E-state index < -0.39 is 5.97 Å². The molecule has 0 bridgehead atoms. The fourth-order valence-corrected chi connectivity index (χ4v) is 3.52. The molecule has 1 heterocycles. The Morgan fingerprint density at radius 3 is 2.75 bits per heavy atom. The molecule has 0 unspecified atom stereocenters. The summed E-state index contributed by atoms with van der Waals surface area (Å²) in [6.45, 7) is 3.20. The van der Waals surface area contributed by atoms with Crippen LogP contribution >= 0.6 is 11.8 Å². The van der Waals surface area contributed by atoms with Gasteiger partial charge in [0, 0.05) is 12.5 Å². The monoisotopic (exact) mass is 295 g/mol. The minimum Gasteiger partial charge on any atom is -0.481 e. The maximum absolute atomic E-state index is 10.8. The number of rotatable bonds is 8. The molecule has 0 radical (unpaired) electrons. The van der Waals surface area contributed by atoms with Crippen LogP contribution in [0.4, 0.5) is 0 Å². The van der Waals surface area contributed by atoms with Gasteiger partial charge < -0.3 is 9.67 Å². The molecule has 2 saturated carbocycles. The molecule has 20 heavy (non-hydrogen) atoms. The lowest BCUT2D eigenvalue weighted by Gasteiger charge is -2.17. The van der Waals surface area contributed by atoms with Crippen LogP contribution in [0.15, 0.2) is 5.16 Å². The summed E-state index contributed by atoms with van der Waals surface area (Å²) in [6, 6.07) is 0. The van der Waals surface area contributed by atoms with Crippen LogP contribution in [-0.4, -0.2) is 31.6 Å². The first-order valence-electron chi connectivity index (χ1n) is 7.41. The van der Waals surface area contributed by atoms with Crippen molar-refractivity contribution in [2.24, 2.45) is 5.41 Å². The van der Waals surface area contributed by atoms with Crippen LogP contribution in [0.1, 0.15) is 57.2 Å². The van der Waals surface area contributed by atoms with Crippen molar-refractivity contribution < 1.29 is 9.90 Å². The Morgan fingerprint density at radius 1 is 1.45 bits per heavy atom. The second kappa shape index (κ2) is 5.39. The highest BCUT2D eigenvalue weighted by Gasteiger charge is 2.43. The summed E-state index contributed by atoms with van der Waals surface area (Å²) in [5.41, 5.74) is 0.430. The SMILES string of the molecule is CCCC1(Cn2c(SCC(=O)O)nnc2C2CC2)CC1. The van der Waals surface area contributed by atoms with Crippen molar-refractivity contribution in [2.75, 3.05) is 5.75 Å². The van der Waals surface area contributed by atoms with Crippen LogP contribution in [0.25, 0.3) is 0 Å². The fraction of sp³-hybridized carbons (Fsp3) is 0.786. The summed E-state index contributed by atoms with van der Waals surface area (Å²) < 4.78 is 2.22. The molecule has 2 aliphatic carbocycles. The lowest BCUT2D eigenvalue weighted by Crippen LogP contribution is -2.15. The van der Waals surface area contributed by atoms with Crippen LogP contribution in [0.2, 0.25) is 0 Å². The summed E-state index contributed by atoms with van der Waals surface area (Å²) >= 11 is 1.30. The molecule has 2 fully saturated rings. The second-order valence-corrected chi connectivity index (χ2v) is 7.08. The zero-order chi connectivity index (χ0) is 14.2. The maximum Gasteiger partial charge on any atom is 0.313 e. The molecule has 0 spiro atoms. The minimum absolute atomic E-state index is 0.0591. The van der Waals surface area contributed by atoms with Gasteiger partial charge in [0.25, 0.3) is 0 Å². The molecule has 0 aromatic carbocycles. The number of thioether (sulfide) groups is 1. The molecule has 110 valence electrons. The average Bonchev–Trinajstić information content (AvgIpc) is 3.30. The number of hydrogen-bond acceptors (Lipinski definition) is 4. The number of carboxylic acid groups (broad SMARTS) is 1. The lowest BCUT2D eigenvalue weighted by atomic mass is 10.0. The molecule has 0 amide bonds. The van der Waals surface area contributed by atoms with Crippen LogP contribution in [0.5, 0.6) is 0 Å². The molecule has 1 aromatic heterocycles. The molecule has 5 nitrogen and oxygen atoms in total. The maximum atomic E-state index is 10.8. The standard InChI is InChI=1S/C14H21N3O2S/c1-2-5-14(6-7-14)9-17-12(10-3-4-10)15-16-13(17)20-8-11(18)19/h10H,2-9H2,1H3,(H,18,19). The highest BCUT2D eigenvalue weighted by molar-refractivity contribution is 7.99. The van der Waals surface area contributed by atoms with Crippen LogP contribution in [-0.2, 0) is 11.3 Å². The van der Waals surface area contributed by atoms with Crippen LogP contribution in [0.3, 0.4) is 0 Å². The third-order valence-electron chi connectivity index (χ3n) is 4.24. The van der Waals surface area contributed by atoms with E-state index in [-0.39, 0.29) is 5.75 Å². The number of carbonyl (C=O) groups is 1. The van der Waals surface area contributed by atoms with E-state index in [0.717, 1.165) is 17.5 Å². The third-order valence-corrected chi connectivity index (χ3v) is 5.20. The topological polar surface area (TPSA) is 68.0 Å². The van der Waals surface area contributed by atoms with E-state index in [9.17, 15) is 4.79 Å². The fourth-order valence-electron chi connectivity index (χ4n) is 2.85. The summed E-state index contributed by atoms with van der Waals surface area (Å²) in [5, 5.41) is 18.2. The predicted octanol–water partition coefficient (Wildman–Crippen LogP) is 2.91. The predicted molar refractivity (Wildman–Crippen MR) is 76.9 cm³/mol. The van der Waals surface area contributed by atoms with Crippen molar-refractivity contribution >= 4 is 17.7 Å². The Labute approximate surface area is 123 Å². The Bertz CT molecular complexity index is 507. The van der Waals surface area contributed by atoms with E-state index in [1.807, 2.05) is 0 Å². The van der Waals surface area contributed by atoms with Crippen molar-refractivity contribution in [2.45, 2.75) is 63.1 Å². The van der Waals surface area contributed by atoms with Crippen LogP contribution in [0, 0.1) is 5.41 Å². The van der Waals surface area contributed by atoms with Crippen molar-refractivity contribution in [1.82, 2.24) is 14.8 Å². The summed E-state index contributed by atoms with van der Waals surface area (Å²) in [7, 11) is 0. The first-order chi connectivity index (χ1) is 9.63. The van der Waals surface area contributed by atoms with E-state index in [2.05, 4.69) is 21.7 Å². The van der Waals surface area contributed by atoms with Gasteiger partial charge in [0.1, 0.15) is 5.82 Å². The van der Waals surface area contributed by atoms with E-state index >= 15 is 0 Å². The van der Waals surface area contributed by atoms with Gasteiger partial charge in [0.2, 0.25) is 0 Å². The number of nitrogens with zero attached hydrogens (tertiary/aromatic N) is 3. The minimum atomic E-state index is -0.799. The van der Waals surface area contributed by atoms with Gasteiger partial charge in [-0.05, 0) is 37.5 Å². The first kappa shape index (κ1) is 13.9. The van der Waals surface area contributed by atoms with Crippen molar-refractivity contribution in [1.29, 1.82) is 0 Å². The van der Waals surface area contributed by atoms with Crippen LogP contribution < -0.4 is 0 Å². The first-order valence-corrected chi connectivity index (χ1v) is 8.40. The Kier molecular flexibility index (Phi) is 3.75. The van der Waals surface area contributed by atoms with Gasteiger partial charge in [-0.25, -0.2) is 0 Å². The molecule has 0 saturated heterocycles. The lowest BCUT2D eigenvalue weighted by molar-refractivity contribution is -0.133.